The zero-order chi connectivity index (χ0) is 18.9. The summed E-state index contributed by atoms with van der Waals surface area (Å²) in [6.07, 6.45) is 0. The van der Waals surface area contributed by atoms with Gasteiger partial charge < -0.3 is 9.66 Å². The third kappa shape index (κ3) is 3.63. The van der Waals surface area contributed by atoms with Crippen molar-refractivity contribution in [3.63, 3.8) is 0 Å². The molecular formula is C16H11N2O6S2-. The Bertz CT molecular complexity index is 1140. The van der Waals surface area contributed by atoms with Crippen LogP contribution in [0.25, 0.3) is 10.8 Å². The van der Waals surface area contributed by atoms with Gasteiger partial charge in [-0.1, -0.05) is 24.3 Å². The standard InChI is InChI=1S/C16H12N2O6S2/c19-13-7-6-10-8-12(25(20)21)9-14(26(22,23)24)15(10)16(13)18-17-11-4-2-1-3-5-11/h1-9,19H,(H,20,21)(H,22,23,24)/p-1. The lowest BCUT2D eigenvalue weighted by Gasteiger charge is -2.12. The fourth-order valence-electron chi connectivity index (χ4n) is 2.37. The van der Waals surface area contributed by atoms with E-state index in [2.05, 4.69) is 10.2 Å². The molecule has 0 radical (unpaired) electrons. The molecule has 0 saturated heterocycles. The van der Waals surface area contributed by atoms with E-state index in [9.17, 15) is 26.8 Å². The van der Waals surface area contributed by atoms with E-state index in [1.165, 1.54) is 18.2 Å². The number of nitrogens with zero attached hydrogens (tertiary/aromatic N) is 2. The molecule has 8 nitrogen and oxygen atoms in total. The molecule has 2 N–H and O–H groups in total. The van der Waals surface area contributed by atoms with Gasteiger partial charge in [0, 0.05) is 10.3 Å². The second-order valence-corrected chi connectivity index (χ2v) is 7.53. The van der Waals surface area contributed by atoms with Gasteiger partial charge in [-0.05, 0) is 46.8 Å². The first-order valence-corrected chi connectivity index (χ1v) is 9.62. The third-order valence-corrected chi connectivity index (χ3v) is 5.00. The molecule has 3 aromatic rings. The fourth-order valence-corrected chi connectivity index (χ4v) is 3.63. The lowest BCUT2D eigenvalue weighted by Crippen LogP contribution is -2.02. The lowest BCUT2D eigenvalue weighted by atomic mass is 10.1. The first-order chi connectivity index (χ1) is 12.3. The Balaban J connectivity index is 2.34. The van der Waals surface area contributed by atoms with Gasteiger partial charge in [-0.15, -0.1) is 5.11 Å². The first-order valence-electron chi connectivity index (χ1n) is 7.10. The minimum atomic E-state index is -4.79. The van der Waals surface area contributed by atoms with Crippen molar-refractivity contribution < 1.29 is 26.8 Å². The van der Waals surface area contributed by atoms with Crippen LogP contribution in [0, 0.1) is 0 Å². The maximum absolute atomic E-state index is 11.8. The Morgan fingerprint density at radius 1 is 1.00 bits per heavy atom. The Labute approximate surface area is 150 Å². The van der Waals surface area contributed by atoms with E-state index < -0.39 is 26.1 Å². The van der Waals surface area contributed by atoms with E-state index in [1.807, 2.05) is 0 Å². The fraction of sp³-hybridized carbons (Fsp3) is 0. The predicted octanol–water partition coefficient (Wildman–Crippen LogP) is 3.45. The van der Waals surface area contributed by atoms with E-state index in [4.69, 9.17) is 0 Å². The molecule has 0 spiro atoms. The van der Waals surface area contributed by atoms with Gasteiger partial charge in [0.05, 0.1) is 5.69 Å². The van der Waals surface area contributed by atoms with Crippen LogP contribution in [0.5, 0.6) is 5.75 Å². The molecule has 134 valence electrons. The molecule has 0 aromatic heterocycles. The highest BCUT2D eigenvalue weighted by atomic mass is 32.2. The van der Waals surface area contributed by atoms with E-state index in [1.54, 1.807) is 30.3 Å². The van der Waals surface area contributed by atoms with Crippen molar-refractivity contribution in [2.45, 2.75) is 9.79 Å². The van der Waals surface area contributed by atoms with Crippen LogP contribution in [0.1, 0.15) is 0 Å². The van der Waals surface area contributed by atoms with E-state index in [0.717, 1.165) is 6.07 Å². The second-order valence-electron chi connectivity index (χ2n) is 5.20. The summed E-state index contributed by atoms with van der Waals surface area (Å²) in [5.74, 6) is -0.377. The van der Waals surface area contributed by atoms with Crippen molar-refractivity contribution in [2.24, 2.45) is 10.2 Å². The van der Waals surface area contributed by atoms with Crippen molar-refractivity contribution in [3.05, 3.63) is 54.6 Å². The first kappa shape index (κ1) is 18.1. The Hall–Kier alpha value is -2.66. The molecule has 1 unspecified atom stereocenters. The molecule has 3 rings (SSSR count). The third-order valence-electron chi connectivity index (χ3n) is 3.50. The number of hydrogen-bond acceptors (Lipinski definition) is 7. The van der Waals surface area contributed by atoms with Crippen LogP contribution in [0.4, 0.5) is 11.4 Å². The minimum Gasteiger partial charge on any atom is -0.768 e. The van der Waals surface area contributed by atoms with Crippen LogP contribution in [0.2, 0.25) is 0 Å². The van der Waals surface area contributed by atoms with Crippen LogP contribution in [-0.4, -0.2) is 26.8 Å². The summed E-state index contributed by atoms with van der Waals surface area (Å²) in [7, 11) is -4.79. The summed E-state index contributed by atoms with van der Waals surface area (Å²) in [6.45, 7) is 0. The molecule has 3 aromatic carbocycles. The summed E-state index contributed by atoms with van der Waals surface area (Å²) in [4.78, 5) is -1.02. The minimum absolute atomic E-state index is 0.138. The maximum atomic E-state index is 11.8. The van der Waals surface area contributed by atoms with Gasteiger partial charge in [0.1, 0.15) is 16.3 Å². The van der Waals surface area contributed by atoms with E-state index >= 15 is 0 Å². The zero-order valence-electron chi connectivity index (χ0n) is 12.9. The zero-order valence-corrected chi connectivity index (χ0v) is 14.6. The average molecular weight is 391 g/mol. The number of benzene rings is 3. The molecule has 0 saturated carbocycles. The molecule has 0 heterocycles. The van der Waals surface area contributed by atoms with Gasteiger partial charge in [0.2, 0.25) is 0 Å². The Morgan fingerprint density at radius 2 is 1.69 bits per heavy atom. The highest BCUT2D eigenvalue weighted by molar-refractivity contribution is 7.86. The van der Waals surface area contributed by atoms with E-state index in [-0.39, 0.29) is 27.1 Å². The summed E-state index contributed by atoms with van der Waals surface area (Å²) < 4.78 is 55.5. The van der Waals surface area contributed by atoms with Crippen molar-refractivity contribution in [3.8, 4) is 5.75 Å². The number of fused-ring (bicyclic) bond motifs is 1. The smallest absolute Gasteiger partial charge is 0.295 e. The van der Waals surface area contributed by atoms with Crippen LogP contribution >= 0.6 is 0 Å². The average Bonchev–Trinajstić information content (AvgIpc) is 2.60. The molecule has 10 heteroatoms. The molecule has 0 aliphatic carbocycles. The molecule has 0 amide bonds. The van der Waals surface area contributed by atoms with Gasteiger partial charge in [0.25, 0.3) is 10.1 Å². The molecule has 0 bridgehead atoms. The van der Waals surface area contributed by atoms with E-state index in [0.29, 0.717) is 5.69 Å². The lowest BCUT2D eigenvalue weighted by molar-refractivity contribution is 0.477. The van der Waals surface area contributed by atoms with Crippen molar-refractivity contribution >= 4 is 43.3 Å². The number of hydrogen-bond donors (Lipinski definition) is 2. The van der Waals surface area contributed by atoms with Crippen LogP contribution in [-0.2, 0) is 21.2 Å². The van der Waals surface area contributed by atoms with Crippen molar-refractivity contribution in [2.75, 3.05) is 0 Å². The summed E-state index contributed by atoms with van der Waals surface area (Å²) in [5.41, 5.74) is 0.247. The molecule has 0 aliphatic heterocycles. The Morgan fingerprint density at radius 3 is 2.31 bits per heavy atom. The number of rotatable bonds is 4. The molecular weight excluding hydrogens is 380 g/mol. The second kappa shape index (κ2) is 6.92. The summed E-state index contributed by atoms with van der Waals surface area (Å²) in [6, 6.07) is 13.0. The molecule has 26 heavy (non-hydrogen) atoms. The van der Waals surface area contributed by atoms with Gasteiger partial charge in [-0.2, -0.15) is 13.5 Å². The monoisotopic (exact) mass is 391 g/mol. The molecule has 0 fully saturated rings. The molecule has 0 aliphatic rings. The van der Waals surface area contributed by atoms with Crippen LogP contribution in [0.3, 0.4) is 0 Å². The highest BCUT2D eigenvalue weighted by Gasteiger charge is 2.21. The van der Waals surface area contributed by atoms with Crippen LogP contribution in [0.15, 0.2) is 74.6 Å². The summed E-state index contributed by atoms with van der Waals surface area (Å²) >= 11 is -2.72. The molecule has 1 atom stereocenters. The predicted molar refractivity (Wildman–Crippen MR) is 93.2 cm³/mol. The normalized spacial score (nSPS) is 13.3. The topological polar surface area (TPSA) is 139 Å². The number of phenols is 1. The van der Waals surface area contributed by atoms with Gasteiger partial charge in [-0.3, -0.25) is 8.76 Å². The highest BCUT2D eigenvalue weighted by Crippen LogP contribution is 2.40. The quantitative estimate of drug-likeness (QED) is 0.397. The Kier molecular flexibility index (Phi) is 4.83. The van der Waals surface area contributed by atoms with Gasteiger partial charge in [-0.25, -0.2) is 0 Å². The number of azo groups is 1. The van der Waals surface area contributed by atoms with Crippen LogP contribution < -0.4 is 0 Å². The number of aromatic hydroxyl groups is 1. The van der Waals surface area contributed by atoms with Gasteiger partial charge in [0.15, 0.2) is 0 Å². The summed E-state index contributed by atoms with van der Waals surface area (Å²) in [5, 5.41) is 18.0. The van der Waals surface area contributed by atoms with Gasteiger partial charge >= 0.3 is 0 Å². The SMILES string of the molecule is O=S([O-])c1cc(S(=O)(=O)O)c2c(N=Nc3ccccc3)c(O)ccc2c1. The largest absolute Gasteiger partial charge is 0.768 e. The van der Waals surface area contributed by atoms with Crippen molar-refractivity contribution in [1.82, 2.24) is 0 Å². The number of phenolic OH excluding ortho intramolecular Hbond substituents is 1. The maximum Gasteiger partial charge on any atom is 0.295 e. The van der Waals surface area contributed by atoms with Crippen molar-refractivity contribution in [1.29, 1.82) is 0 Å².